The third-order valence-electron chi connectivity index (χ3n) is 8.29. The first kappa shape index (κ1) is 30.7. The molecule has 4 aromatic carbocycles. The fourth-order valence-electron chi connectivity index (χ4n) is 6.34. The molecule has 234 valence electrons. The van der Waals surface area contributed by atoms with Crippen molar-refractivity contribution >= 4 is 28.7 Å². The molecule has 0 bridgehead atoms. The third kappa shape index (κ3) is 5.42. The maximum absolute atomic E-state index is 13.6. The molecule has 1 aromatic heterocycles. The number of aromatic nitrogens is 1. The van der Waals surface area contributed by atoms with Crippen LogP contribution < -0.4 is 19.3 Å². The van der Waals surface area contributed by atoms with Crippen LogP contribution in [0.1, 0.15) is 54.9 Å². The predicted molar refractivity (Wildman–Crippen MR) is 183 cm³/mol. The molecule has 5 aromatic rings. The van der Waals surface area contributed by atoms with Crippen LogP contribution in [-0.2, 0) is 10.3 Å². The van der Waals surface area contributed by atoms with Gasteiger partial charge in [-0.1, -0.05) is 36.4 Å². The van der Waals surface area contributed by atoms with Crippen molar-refractivity contribution in [2.75, 3.05) is 36.1 Å². The summed E-state index contributed by atoms with van der Waals surface area (Å²) in [5.74, 6) is 0.762. The van der Waals surface area contributed by atoms with Crippen LogP contribution in [0.5, 0.6) is 11.5 Å². The van der Waals surface area contributed by atoms with E-state index in [9.17, 15) is 4.79 Å². The maximum Gasteiger partial charge on any atom is 0.341 e. The SMILES string of the molecule is CCOc1cc(N(CC)c2ccccc2)ccc1C1(c2ccc(N(CC)c3ccccc3)cc2OCC)OC(=O)c2cccnc21. The maximum atomic E-state index is 13.6. The Morgan fingerprint density at radius 3 is 1.59 bits per heavy atom. The lowest BCUT2D eigenvalue weighted by atomic mass is 9.81. The fraction of sp³-hybridized carbons (Fsp3) is 0.231. The number of esters is 1. The van der Waals surface area contributed by atoms with Crippen molar-refractivity contribution < 1.29 is 19.0 Å². The summed E-state index contributed by atoms with van der Waals surface area (Å²) in [7, 11) is 0. The summed E-state index contributed by atoms with van der Waals surface area (Å²) in [5, 5.41) is 0. The summed E-state index contributed by atoms with van der Waals surface area (Å²) in [4.78, 5) is 22.8. The minimum Gasteiger partial charge on any atom is -0.493 e. The van der Waals surface area contributed by atoms with Crippen LogP contribution in [0.3, 0.4) is 0 Å². The zero-order valence-electron chi connectivity index (χ0n) is 26.8. The van der Waals surface area contributed by atoms with Crippen molar-refractivity contribution in [1.29, 1.82) is 0 Å². The standard InChI is InChI=1S/C39H39N3O4/c1-5-41(28-16-11-9-12-17-28)30-21-23-33(35(26-30)44-7-3)39(37-32(38(43)46-39)20-15-25-40-37)34-24-22-31(27-36(34)45-8-4)42(6-2)29-18-13-10-14-19-29/h9-27H,5-8H2,1-4H3. The van der Waals surface area contributed by atoms with Gasteiger partial charge < -0.3 is 24.0 Å². The zero-order chi connectivity index (χ0) is 32.1. The average Bonchev–Trinajstić information content (AvgIpc) is 3.39. The summed E-state index contributed by atoms with van der Waals surface area (Å²) in [6.07, 6.45) is 1.70. The lowest BCUT2D eigenvalue weighted by Crippen LogP contribution is -2.32. The van der Waals surface area contributed by atoms with E-state index in [2.05, 4.69) is 47.9 Å². The first-order chi connectivity index (χ1) is 22.5. The summed E-state index contributed by atoms with van der Waals surface area (Å²) < 4.78 is 19.2. The molecule has 0 spiro atoms. The van der Waals surface area contributed by atoms with E-state index in [-0.39, 0.29) is 0 Å². The van der Waals surface area contributed by atoms with E-state index in [1.807, 2.05) is 86.6 Å². The first-order valence-electron chi connectivity index (χ1n) is 15.9. The van der Waals surface area contributed by atoms with Crippen LogP contribution in [0.2, 0.25) is 0 Å². The van der Waals surface area contributed by atoms with Gasteiger partial charge in [-0.3, -0.25) is 4.98 Å². The number of anilines is 4. The Morgan fingerprint density at radius 1 is 0.630 bits per heavy atom. The van der Waals surface area contributed by atoms with Gasteiger partial charge in [0.1, 0.15) is 17.2 Å². The molecule has 7 nitrogen and oxygen atoms in total. The summed E-state index contributed by atoms with van der Waals surface area (Å²) in [6, 6.07) is 36.1. The second kappa shape index (κ2) is 13.4. The number of benzene rings is 4. The molecule has 0 unspecified atom stereocenters. The lowest BCUT2D eigenvalue weighted by Gasteiger charge is -2.34. The van der Waals surface area contributed by atoms with Crippen LogP contribution in [-0.4, -0.2) is 37.3 Å². The van der Waals surface area contributed by atoms with Gasteiger partial charge in [-0.05, 0) is 88.4 Å². The highest BCUT2D eigenvalue weighted by Crippen LogP contribution is 2.53. The number of carbonyl (C=O) groups is 1. The van der Waals surface area contributed by atoms with Crippen molar-refractivity contribution in [3.63, 3.8) is 0 Å². The molecule has 0 amide bonds. The number of rotatable bonds is 12. The number of hydrogen-bond donors (Lipinski definition) is 0. The molecule has 0 saturated carbocycles. The Bertz CT molecular complexity index is 1710. The van der Waals surface area contributed by atoms with Gasteiger partial charge in [0.15, 0.2) is 0 Å². The number of para-hydroxylation sites is 2. The van der Waals surface area contributed by atoms with E-state index in [0.29, 0.717) is 47.1 Å². The minimum atomic E-state index is -1.41. The molecule has 0 fully saturated rings. The highest BCUT2D eigenvalue weighted by molar-refractivity contribution is 5.96. The minimum absolute atomic E-state index is 0.416. The van der Waals surface area contributed by atoms with Gasteiger partial charge >= 0.3 is 5.97 Å². The lowest BCUT2D eigenvalue weighted by molar-refractivity contribution is 0.0228. The molecular formula is C39H39N3O4. The first-order valence-corrected chi connectivity index (χ1v) is 15.9. The number of pyridine rings is 1. The molecule has 6 rings (SSSR count). The number of cyclic esters (lactones) is 1. The Hall–Kier alpha value is -5.30. The third-order valence-corrected chi connectivity index (χ3v) is 8.29. The van der Waals surface area contributed by atoms with E-state index in [1.165, 1.54) is 0 Å². The molecule has 0 atom stereocenters. The highest BCUT2D eigenvalue weighted by atomic mass is 16.6. The molecule has 0 aliphatic carbocycles. The Labute approximate surface area is 271 Å². The van der Waals surface area contributed by atoms with Gasteiger partial charge in [-0.15, -0.1) is 0 Å². The molecule has 0 radical (unpaired) electrons. The van der Waals surface area contributed by atoms with Crippen LogP contribution in [0.25, 0.3) is 0 Å². The topological polar surface area (TPSA) is 64.1 Å². The van der Waals surface area contributed by atoms with Crippen LogP contribution >= 0.6 is 0 Å². The molecule has 2 heterocycles. The van der Waals surface area contributed by atoms with Gasteiger partial charge in [0, 0.05) is 65.3 Å². The monoisotopic (exact) mass is 613 g/mol. The number of nitrogens with zero attached hydrogens (tertiary/aromatic N) is 3. The van der Waals surface area contributed by atoms with Crippen molar-refractivity contribution in [2.45, 2.75) is 33.3 Å². The number of ether oxygens (including phenoxy) is 3. The van der Waals surface area contributed by atoms with E-state index < -0.39 is 11.6 Å². The molecule has 0 N–H and O–H groups in total. The average molecular weight is 614 g/mol. The Morgan fingerprint density at radius 2 is 1.13 bits per heavy atom. The predicted octanol–water partition coefficient (Wildman–Crippen LogP) is 8.66. The van der Waals surface area contributed by atoms with E-state index in [4.69, 9.17) is 19.2 Å². The second-order valence-corrected chi connectivity index (χ2v) is 10.9. The van der Waals surface area contributed by atoms with Crippen molar-refractivity contribution in [3.8, 4) is 11.5 Å². The van der Waals surface area contributed by atoms with Crippen molar-refractivity contribution in [1.82, 2.24) is 4.98 Å². The molecule has 1 aliphatic rings. The number of carbonyl (C=O) groups excluding carboxylic acids is 1. The van der Waals surface area contributed by atoms with Gasteiger partial charge in [-0.25, -0.2) is 4.79 Å². The van der Waals surface area contributed by atoms with Gasteiger partial charge in [0.25, 0.3) is 0 Å². The second-order valence-electron chi connectivity index (χ2n) is 10.9. The van der Waals surface area contributed by atoms with Gasteiger partial charge in [0.2, 0.25) is 5.60 Å². The zero-order valence-corrected chi connectivity index (χ0v) is 26.8. The molecule has 1 aliphatic heterocycles. The normalized spacial score (nSPS) is 13.1. The summed E-state index contributed by atoms with van der Waals surface area (Å²) >= 11 is 0. The van der Waals surface area contributed by atoms with Gasteiger partial charge in [0.05, 0.1) is 18.8 Å². The van der Waals surface area contributed by atoms with E-state index >= 15 is 0 Å². The molecule has 46 heavy (non-hydrogen) atoms. The van der Waals surface area contributed by atoms with Crippen LogP contribution in [0.15, 0.2) is 115 Å². The summed E-state index contributed by atoms with van der Waals surface area (Å²) in [5.41, 5.74) is 4.94. The van der Waals surface area contributed by atoms with E-state index in [1.54, 1.807) is 18.3 Å². The highest BCUT2D eigenvalue weighted by Gasteiger charge is 2.53. The van der Waals surface area contributed by atoms with E-state index in [0.717, 1.165) is 35.8 Å². The number of hydrogen-bond acceptors (Lipinski definition) is 7. The van der Waals surface area contributed by atoms with Gasteiger partial charge in [-0.2, -0.15) is 0 Å². The molecule has 7 heteroatoms. The summed E-state index contributed by atoms with van der Waals surface area (Å²) in [6.45, 7) is 10.5. The quantitative estimate of drug-likeness (QED) is 0.131. The van der Waals surface area contributed by atoms with Crippen LogP contribution in [0.4, 0.5) is 22.7 Å². The fourth-order valence-corrected chi connectivity index (χ4v) is 6.34. The largest absolute Gasteiger partial charge is 0.493 e. The smallest absolute Gasteiger partial charge is 0.341 e. The molecule has 0 saturated heterocycles. The van der Waals surface area contributed by atoms with Crippen LogP contribution in [0, 0.1) is 0 Å². The van der Waals surface area contributed by atoms with Crippen molar-refractivity contribution in [2.24, 2.45) is 0 Å². The Balaban J connectivity index is 1.58. The Kier molecular flexibility index (Phi) is 8.92. The molecular weight excluding hydrogens is 574 g/mol. The number of fused-ring (bicyclic) bond motifs is 1. The van der Waals surface area contributed by atoms with Crippen molar-refractivity contribution in [3.05, 3.63) is 138 Å².